The molecule has 1 aliphatic heterocycles. The fourth-order valence-corrected chi connectivity index (χ4v) is 3.29. The van der Waals surface area contributed by atoms with E-state index in [2.05, 4.69) is 39.1 Å². The molecule has 1 atom stereocenters. The van der Waals surface area contributed by atoms with Crippen LogP contribution in [0.3, 0.4) is 0 Å². The van der Waals surface area contributed by atoms with Gasteiger partial charge in [-0.05, 0) is 24.7 Å². The molecule has 0 radical (unpaired) electrons. The number of benzene rings is 1. The summed E-state index contributed by atoms with van der Waals surface area (Å²) in [6.45, 7) is 2.36. The highest BCUT2D eigenvalue weighted by molar-refractivity contribution is 5.95. The highest BCUT2D eigenvalue weighted by Crippen LogP contribution is 2.26. The monoisotopic (exact) mass is 348 g/mol. The van der Waals surface area contributed by atoms with E-state index in [1.54, 1.807) is 29.3 Å². The SMILES string of the molecule is CN1CCN(C(=O)c2ccnc(-n3cncn3)c2)[C@H](c2ccccc2)C1. The first-order valence-corrected chi connectivity index (χ1v) is 8.58. The van der Waals surface area contributed by atoms with E-state index in [1.165, 1.54) is 6.33 Å². The minimum Gasteiger partial charge on any atom is -0.329 e. The Kier molecular flexibility index (Phi) is 4.45. The average molecular weight is 348 g/mol. The van der Waals surface area contributed by atoms with Crippen molar-refractivity contribution in [2.45, 2.75) is 6.04 Å². The second-order valence-electron chi connectivity index (χ2n) is 6.43. The van der Waals surface area contributed by atoms with E-state index in [4.69, 9.17) is 0 Å². The molecule has 0 saturated carbocycles. The van der Waals surface area contributed by atoms with Gasteiger partial charge in [-0.2, -0.15) is 5.10 Å². The zero-order valence-electron chi connectivity index (χ0n) is 14.6. The molecule has 1 amide bonds. The van der Waals surface area contributed by atoms with Gasteiger partial charge >= 0.3 is 0 Å². The highest BCUT2D eigenvalue weighted by Gasteiger charge is 2.31. The fraction of sp³-hybridized carbons (Fsp3) is 0.263. The van der Waals surface area contributed by atoms with Crippen LogP contribution >= 0.6 is 0 Å². The number of amides is 1. The predicted octanol–water partition coefficient (Wildman–Crippen LogP) is 1.79. The molecule has 0 unspecified atom stereocenters. The third kappa shape index (κ3) is 3.21. The summed E-state index contributed by atoms with van der Waals surface area (Å²) in [6, 6.07) is 13.7. The molecule has 2 aromatic heterocycles. The van der Waals surface area contributed by atoms with E-state index in [-0.39, 0.29) is 11.9 Å². The molecule has 0 N–H and O–H groups in total. The number of hydrogen-bond acceptors (Lipinski definition) is 5. The van der Waals surface area contributed by atoms with E-state index in [9.17, 15) is 4.79 Å². The van der Waals surface area contributed by atoms with Crippen molar-refractivity contribution in [2.24, 2.45) is 0 Å². The lowest BCUT2D eigenvalue weighted by molar-refractivity contribution is 0.0498. The zero-order valence-corrected chi connectivity index (χ0v) is 14.6. The minimum absolute atomic E-state index is 0.00992. The van der Waals surface area contributed by atoms with Crippen LogP contribution in [0, 0.1) is 0 Å². The van der Waals surface area contributed by atoms with E-state index < -0.39 is 0 Å². The van der Waals surface area contributed by atoms with Gasteiger partial charge in [0.2, 0.25) is 0 Å². The van der Waals surface area contributed by atoms with E-state index >= 15 is 0 Å². The summed E-state index contributed by atoms with van der Waals surface area (Å²) in [7, 11) is 2.09. The number of pyridine rings is 1. The van der Waals surface area contributed by atoms with Gasteiger partial charge in [-0.3, -0.25) is 4.79 Å². The van der Waals surface area contributed by atoms with Crippen molar-refractivity contribution >= 4 is 5.91 Å². The largest absolute Gasteiger partial charge is 0.329 e. The quantitative estimate of drug-likeness (QED) is 0.722. The lowest BCUT2D eigenvalue weighted by Crippen LogP contribution is -2.49. The van der Waals surface area contributed by atoms with E-state index in [0.717, 1.165) is 18.7 Å². The van der Waals surface area contributed by atoms with Crippen LogP contribution in [0.1, 0.15) is 22.0 Å². The number of rotatable bonds is 3. The van der Waals surface area contributed by atoms with Crippen molar-refractivity contribution in [1.29, 1.82) is 0 Å². The molecule has 132 valence electrons. The maximum absolute atomic E-state index is 13.2. The van der Waals surface area contributed by atoms with Gasteiger partial charge < -0.3 is 9.80 Å². The Morgan fingerprint density at radius 3 is 2.77 bits per heavy atom. The summed E-state index contributed by atoms with van der Waals surface area (Å²) in [4.78, 5) is 25.7. The molecule has 1 aromatic carbocycles. The summed E-state index contributed by atoms with van der Waals surface area (Å²) >= 11 is 0. The molecule has 7 heteroatoms. The van der Waals surface area contributed by atoms with Crippen molar-refractivity contribution in [3.63, 3.8) is 0 Å². The Morgan fingerprint density at radius 2 is 2.00 bits per heavy atom. The first-order chi connectivity index (χ1) is 12.7. The van der Waals surface area contributed by atoms with Gasteiger partial charge in [-0.15, -0.1) is 0 Å². The maximum atomic E-state index is 13.2. The lowest BCUT2D eigenvalue weighted by atomic mass is 10.0. The Bertz CT molecular complexity index is 880. The van der Waals surface area contributed by atoms with E-state index in [1.807, 2.05) is 23.1 Å². The number of likely N-dealkylation sites (N-methyl/N-ethyl adjacent to an activating group) is 1. The third-order valence-corrected chi connectivity index (χ3v) is 4.67. The summed E-state index contributed by atoms with van der Waals surface area (Å²) in [6.07, 6.45) is 4.65. The molecule has 3 aromatic rings. The Balaban J connectivity index is 1.65. The first-order valence-electron chi connectivity index (χ1n) is 8.58. The van der Waals surface area contributed by atoms with Crippen molar-refractivity contribution in [2.75, 3.05) is 26.7 Å². The van der Waals surface area contributed by atoms with Crippen LogP contribution in [0.2, 0.25) is 0 Å². The average Bonchev–Trinajstić information content (AvgIpc) is 3.23. The summed E-state index contributed by atoms with van der Waals surface area (Å²) in [5.74, 6) is 0.592. The number of nitrogens with zero attached hydrogens (tertiary/aromatic N) is 6. The number of carbonyl (C=O) groups is 1. The zero-order chi connectivity index (χ0) is 17.9. The van der Waals surface area contributed by atoms with Crippen LogP contribution < -0.4 is 0 Å². The molecule has 0 spiro atoms. The summed E-state index contributed by atoms with van der Waals surface area (Å²) < 4.78 is 1.55. The van der Waals surface area contributed by atoms with Crippen LogP contribution in [0.15, 0.2) is 61.3 Å². The van der Waals surface area contributed by atoms with Crippen molar-refractivity contribution in [3.05, 3.63) is 72.4 Å². The molecular formula is C19H20N6O. The molecule has 1 aliphatic rings. The second kappa shape index (κ2) is 7.05. The number of hydrogen-bond donors (Lipinski definition) is 0. The smallest absolute Gasteiger partial charge is 0.254 e. The topological polar surface area (TPSA) is 67.2 Å². The Labute approximate surface area is 151 Å². The summed E-state index contributed by atoms with van der Waals surface area (Å²) in [5.41, 5.74) is 1.76. The van der Waals surface area contributed by atoms with Crippen LogP contribution in [0.5, 0.6) is 0 Å². The molecule has 1 saturated heterocycles. The second-order valence-corrected chi connectivity index (χ2v) is 6.43. The molecular weight excluding hydrogens is 328 g/mol. The molecule has 7 nitrogen and oxygen atoms in total. The normalized spacial score (nSPS) is 18.0. The molecule has 0 bridgehead atoms. The van der Waals surface area contributed by atoms with Gasteiger partial charge in [-0.1, -0.05) is 30.3 Å². The Hall–Kier alpha value is -3.06. The van der Waals surface area contributed by atoms with Gasteiger partial charge in [0.1, 0.15) is 12.7 Å². The molecule has 1 fully saturated rings. The van der Waals surface area contributed by atoms with Gasteiger partial charge in [0.15, 0.2) is 5.82 Å². The predicted molar refractivity (Wildman–Crippen MR) is 96.9 cm³/mol. The number of piperazine rings is 1. The van der Waals surface area contributed by atoms with Gasteiger partial charge in [0, 0.05) is 31.4 Å². The third-order valence-electron chi connectivity index (χ3n) is 4.67. The van der Waals surface area contributed by atoms with Gasteiger partial charge in [-0.25, -0.2) is 14.6 Å². The number of aromatic nitrogens is 4. The minimum atomic E-state index is 0.00992. The van der Waals surface area contributed by atoms with Crippen molar-refractivity contribution < 1.29 is 4.79 Å². The number of carbonyl (C=O) groups excluding carboxylic acids is 1. The van der Waals surface area contributed by atoms with Crippen molar-refractivity contribution in [3.8, 4) is 5.82 Å². The van der Waals surface area contributed by atoms with Gasteiger partial charge in [0.25, 0.3) is 5.91 Å². The maximum Gasteiger partial charge on any atom is 0.254 e. The molecule has 3 heterocycles. The standard InChI is InChI=1S/C19H20N6O/c1-23-9-10-24(17(12-23)15-5-3-2-4-6-15)19(26)16-7-8-21-18(11-16)25-14-20-13-22-25/h2-8,11,13-14,17H,9-10,12H2,1H3/t17-/m0/s1. The highest BCUT2D eigenvalue weighted by atomic mass is 16.2. The molecule has 0 aliphatic carbocycles. The van der Waals surface area contributed by atoms with Gasteiger partial charge in [0.05, 0.1) is 6.04 Å². The van der Waals surface area contributed by atoms with Crippen LogP contribution in [0.4, 0.5) is 0 Å². The van der Waals surface area contributed by atoms with Crippen molar-refractivity contribution in [1.82, 2.24) is 29.5 Å². The Morgan fingerprint density at radius 1 is 1.15 bits per heavy atom. The van der Waals surface area contributed by atoms with E-state index in [0.29, 0.717) is 17.9 Å². The van der Waals surface area contributed by atoms with Crippen LogP contribution in [0.25, 0.3) is 5.82 Å². The van der Waals surface area contributed by atoms with Crippen LogP contribution in [-0.4, -0.2) is 62.1 Å². The van der Waals surface area contributed by atoms with Crippen LogP contribution in [-0.2, 0) is 0 Å². The lowest BCUT2D eigenvalue weighted by Gasteiger charge is -2.40. The molecule has 4 rings (SSSR count). The fourth-order valence-electron chi connectivity index (χ4n) is 3.29. The first kappa shape index (κ1) is 16.4. The summed E-state index contributed by atoms with van der Waals surface area (Å²) in [5, 5.41) is 4.08. The molecule has 26 heavy (non-hydrogen) atoms.